The number of hydrogen-bond donors (Lipinski definition) is 1. The molecule has 1 saturated heterocycles. The molecular weight excluding hydrogens is 146 g/mol. The second-order valence-corrected chi connectivity index (χ2v) is 4.54. The molecule has 0 aromatic heterocycles. The lowest BCUT2D eigenvalue weighted by Gasteiger charge is -2.22. The Morgan fingerprint density at radius 2 is 2.25 bits per heavy atom. The fourth-order valence-corrected chi connectivity index (χ4v) is 1.99. The molecule has 0 unspecified atom stereocenters. The molecule has 0 bridgehead atoms. The van der Waals surface area contributed by atoms with E-state index in [1.165, 1.54) is 45.2 Å². The molecule has 0 amide bonds. The summed E-state index contributed by atoms with van der Waals surface area (Å²) in [5.74, 6) is 1.87. The minimum Gasteiger partial charge on any atom is -0.316 e. The van der Waals surface area contributed by atoms with Crippen LogP contribution in [0, 0.1) is 11.8 Å². The number of nitrogens with one attached hydrogen (secondary N) is 1. The van der Waals surface area contributed by atoms with E-state index in [0.29, 0.717) is 0 Å². The summed E-state index contributed by atoms with van der Waals surface area (Å²) in [4.78, 5) is 0. The molecule has 72 valence electrons. The van der Waals surface area contributed by atoms with Crippen molar-refractivity contribution in [2.45, 2.75) is 46.0 Å². The SMILES string of the molecule is CC(C)CCC[C@H]1CCCNC1. The Morgan fingerprint density at radius 3 is 2.83 bits per heavy atom. The third-order valence-corrected chi connectivity index (χ3v) is 2.79. The van der Waals surface area contributed by atoms with Crippen LogP contribution in [0.3, 0.4) is 0 Å². The van der Waals surface area contributed by atoms with Crippen LogP contribution in [-0.2, 0) is 0 Å². The predicted molar refractivity (Wildman–Crippen MR) is 54.3 cm³/mol. The van der Waals surface area contributed by atoms with Crippen molar-refractivity contribution in [1.82, 2.24) is 5.32 Å². The highest BCUT2D eigenvalue weighted by molar-refractivity contribution is 4.68. The molecule has 1 atom stereocenters. The molecule has 0 aliphatic carbocycles. The van der Waals surface area contributed by atoms with Gasteiger partial charge < -0.3 is 5.32 Å². The van der Waals surface area contributed by atoms with Crippen molar-refractivity contribution in [2.75, 3.05) is 13.1 Å². The third kappa shape index (κ3) is 4.10. The van der Waals surface area contributed by atoms with E-state index in [0.717, 1.165) is 11.8 Å². The Balaban J connectivity index is 1.98. The topological polar surface area (TPSA) is 12.0 Å². The average molecular weight is 169 g/mol. The van der Waals surface area contributed by atoms with Gasteiger partial charge in [0.1, 0.15) is 0 Å². The van der Waals surface area contributed by atoms with Crippen molar-refractivity contribution in [3.05, 3.63) is 0 Å². The second-order valence-electron chi connectivity index (χ2n) is 4.54. The van der Waals surface area contributed by atoms with Gasteiger partial charge in [-0.3, -0.25) is 0 Å². The van der Waals surface area contributed by atoms with Crippen molar-refractivity contribution in [1.29, 1.82) is 0 Å². The maximum Gasteiger partial charge on any atom is -0.00205 e. The minimum absolute atomic E-state index is 0.890. The van der Waals surface area contributed by atoms with Gasteiger partial charge in [0.25, 0.3) is 0 Å². The molecule has 12 heavy (non-hydrogen) atoms. The molecule has 0 aromatic rings. The van der Waals surface area contributed by atoms with E-state index in [-0.39, 0.29) is 0 Å². The summed E-state index contributed by atoms with van der Waals surface area (Å²) in [6.07, 6.45) is 7.16. The molecular formula is C11H23N. The summed E-state index contributed by atoms with van der Waals surface area (Å²) < 4.78 is 0. The van der Waals surface area contributed by atoms with Gasteiger partial charge in [-0.1, -0.05) is 26.7 Å². The normalized spacial score (nSPS) is 24.8. The average Bonchev–Trinajstić information content (AvgIpc) is 2.05. The Hall–Kier alpha value is -0.0400. The summed E-state index contributed by atoms with van der Waals surface area (Å²) in [6, 6.07) is 0. The molecule has 1 nitrogen and oxygen atoms in total. The molecule has 1 aliphatic rings. The standard InChI is InChI=1S/C11H23N/c1-10(2)5-3-6-11-7-4-8-12-9-11/h10-12H,3-9H2,1-2H3/t11-/m0/s1. The van der Waals surface area contributed by atoms with Crippen LogP contribution in [0.4, 0.5) is 0 Å². The molecule has 0 saturated carbocycles. The van der Waals surface area contributed by atoms with E-state index >= 15 is 0 Å². The summed E-state index contributed by atoms with van der Waals surface area (Å²) in [7, 11) is 0. The van der Waals surface area contributed by atoms with Crippen LogP contribution in [0.2, 0.25) is 0 Å². The number of piperidine rings is 1. The molecule has 1 heteroatoms. The zero-order valence-corrected chi connectivity index (χ0v) is 8.60. The van der Waals surface area contributed by atoms with Gasteiger partial charge in [-0.15, -0.1) is 0 Å². The van der Waals surface area contributed by atoms with Crippen LogP contribution in [0.5, 0.6) is 0 Å². The van der Waals surface area contributed by atoms with Gasteiger partial charge >= 0.3 is 0 Å². The lowest BCUT2D eigenvalue weighted by Crippen LogP contribution is -2.29. The van der Waals surface area contributed by atoms with E-state index in [1.807, 2.05) is 0 Å². The molecule has 1 aliphatic heterocycles. The largest absolute Gasteiger partial charge is 0.316 e. The summed E-state index contributed by atoms with van der Waals surface area (Å²) in [6.45, 7) is 7.16. The smallest absolute Gasteiger partial charge is 0.00205 e. The highest BCUT2D eigenvalue weighted by Crippen LogP contribution is 2.18. The monoisotopic (exact) mass is 169 g/mol. The quantitative estimate of drug-likeness (QED) is 0.682. The van der Waals surface area contributed by atoms with Gasteiger partial charge in [-0.05, 0) is 44.2 Å². The van der Waals surface area contributed by atoms with Crippen molar-refractivity contribution in [3.63, 3.8) is 0 Å². The fraction of sp³-hybridized carbons (Fsp3) is 1.00. The van der Waals surface area contributed by atoms with Gasteiger partial charge in [-0.2, -0.15) is 0 Å². The van der Waals surface area contributed by atoms with E-state index in [1.54, 1.807) is 0 Å². The van der Waals surface area contributed by atoms with Crippen LogP contribution < -0.4 is 5.32 Å². The van der Waals surface area contributed by atoms with E-state index < -0.39 is 0 Å². The van der Waals surface area contributed by atoms with Gasteiger partial charge in [0.05, 0.1) is 0 Å². The highest BCUT2D eigenvalue weighted by atomic mass is 14.9. The Kier molecular flexibility index (Phi) is 4.67. The molecule has 0 aromatic carbocycles. The molecule has 0 spiro atoms. The van der Waals surface area contributed by atoms with E-state index in [9.17, 15) is 0 Å². The van der Waals surface area contributed by atoms with E-state index in [2.05, 4.69) is 19.2 Å². The van der Waals surface area contributed by atoms with Gasteiger partial charge in [0.2, 0.25) is 0 Å². The van der Waals surface area contributed by atoms with Crippen molar-refractivity contribution < 1.29 is 0 Å². The van der Waals surface area contributed by atoms with Crippen LogP contribution in [0.1, 0.15) is 46.0 Å². The van der Waals surface area contributed by atoms with Crippen LogP contribution in [0.15, 0.2) is 0 Å². The molecule has 1 heterocycles. The minimum atomic E-state index is 0.890. The molecule has 1 N–H and O–H groups in total. The Bertz CT molecular complexity index is 104. The maximum absolute atomic E-state index is 3.47. The zero-order valence-electron chi connectivity index (χ0n) is 8.60. The fourth-order valence-electron chi connectivity index (χ4n) is 1.99. The maximum atomic E-state index is 3.47. The van der Waals surface area contributed by atoms with Gasteiger partial charge in [0.15, 0.2) is 0 Å². The first-order valence-corrected chi connectivity index (χ1v) is 5.49. The molecule has 0 radical (unpaired) electrons. The van der Waals surface area contributed by atoms with Crippen LogP contribution in [0.25, 0.3) is 0 Å². The molecule has 1 fully saturated rings. The lowest BCUT2D eigenvalue weighted by molar-refractivity contribution is 0.340. The summed E-state index contributed by atoms with van der Waals surface area (Å²) in [5, 5.41) is 3.47. The van der Waals surface area contributed by atoms with Gasteiger partial charge in [-0.25, -0.2) is 0 Å². The number of hydrogen-bond acceptors (Lipinski definition) is 1. The van der Waals surface area contributed by atoms with Gasteiger partial charge in [0, 0.05) is 0 Å². The first kappa shape index (κ1) is 10.0. The van der Waals surface area contributed by atoms with E-state index in [4.69, 9.17) is 0 Å². The zero-order chi connectivity index (χ0) is 8.81. The Labute approximate surface area is 76.9 Å². The van der Waals surface area contributed by atoms with Crippen molar-refractivity contribution in [2.24, 2.45) is 11.8 Å². The second kappa shape index (κ2) is 5.58. The first-order valence-electron chi connectivity index (χ1n) is 5.49. The van der Waals surface area contributed by atoms with Crippen molar-refractivity contribution in [3.8, 4) is 0 Å². The van der Waals surface area contributed by atoms with Crippen LogP contribution in [-0.4, -0.2) is 13.1 Å². The lowest BCUT2D eigenvalue weighted by atomic mass is 9.92. The summed E-state index contributed by atoms with van der Waals surface area (Å²) >= 11 is 0. The van der Waals surface area contributed by atoms with Crippen molar-refractivity contribution >= 4 is 0 Å². The highest BCUT2D eigenvalue weighted by Gasteiger charge is 2.11. The van der Waals surface area contributed by atoms with Crippen LogP contribution >= 0.6 is 0 Å². The predicted octanol–water partition coefficient (Wildman–Crippen LogP) is 2.81. The third-order valence-electron chi connectivity index (χ3n) is 2.79. The first-order chi connectivity index (χ1) is 5.79. The number of rotatable bonds is 4. The summed E-state index contributed by atoms with van der Waals surface area (Å²) in [5.41, 5.74) is 0. The molecule has 1 rings (SSSR count). The Morgan fingerprint density at radius 1 is 1.42 bits per heavy atom.